The normalized spacial score (nSPS) is 12.9. The molecular formula is C24H22F3N3O5. The first-order chi connectivity index (χ1) is 16.6. The van der Waals surface area contributed by atoms with E-state index in [-0.39, 0.29) is 5.91 Å². The van der Waals surface area contributed by atoms with Gasteiger partial charge in [-0.25, -0.2) is 4.79 Å². The molecule has 11 heteroatoms. The number of hydrogen-bond acceptors (Lipinski definition) is 5. The summed E-state index contributed by atoms with van der Waals surface area (Å²) >= 11 is 0. The number of hydrogen-bond donors (Lipinski definition) is 3. The van der Waals surface area contributed by atoms with Crippen LogP contribution in [0.5, 0.6) is 11.5 Å². The number of aliphatic carboxylic acids is 1. The Morgan fingerprint density at radius 2 is 1.86 bits per heavy atom. The fourth-order valence-corrected chi connectivity index (χ4v) is 3.30. The Morgan fingerprint density at radius 1 is 1.11 bits per heavy atom. The predicted octanol–water partition coefficient (Wildman–Crippen LogP) is 4.18. The summed E-state index contributed by atoms with van der Waals surface area (Å²) in [6.07, 6.45) is 1.36. The van der Waals surface area contributed by atoms with Crippen LogP contribution in [0.25, 0.3) is 23.4 Å². The Labute approximate surface area is 198 Å². The molecule has 3 N–H and O–H groups in total. The number of nitrogens with one attached hydrogen (secondary N) is 2. The van der Waals surface area contributed by atoms with Crippen molar-refractivity contribution in [3.8, 4) is 22.8 Å². The van der Waals surface area contributed by atoms with E-state index < -0.39 is 12.1 Å². The van der Waals surface area contributed by atoms with Crippen molar-refractivity contribution in [1.82, 2.24) is 15.3 Å². The number of carboxylic acid groups (broad SMARTS) is 1. The summed E-state index contributed by atoms with van der Waals surface area (Å²) in [5.41, 5.74) is 5.30. The molecule has 3 aromatic rings. The molecule has 0 bridgehead atoms. The number of carboxylic acids is 1. The van der Waals surface area contributed by atoms with Gasteiger partial charge in [-0.2, -0.15) is 13.2 Å². The van der Waals surface area contributed by atoms with Crippen LogP contribution in [-0.4, -0.2) is 53.9 Å². The quantitative estimate of drug-likeness (QED) is 0.496. The Hall–Kier alpha value is -4.28. The molecular weight excluding hydrogens is 467 g/mol. The maximum absolute atomic E-state index is 12.0. The average Bonchev–Trinajstić information content (AvgIpc) is 3.28. The Morgan fingerprint density at radius 3 is 2.49 bits per heavy atom. The van der Waals surface area contributed by atoms with E-state index in [4.69, 9.17) is 19.4 Å². The molecule has 1 amide bonds. The van der Waals surface area contributed by atoms with Crippen molar-refractivity contribution < 1.29 is 37.3 Å². The second-order valence-electron chi connectivity index (χ2n) is 7.29. The lowest BCUT2D eigenvalue weighted by Crippen LogP contribution is -2.31. The number of benzene rings is 1. The highest BCUT2D eigenvalue weighted by molar-refractivity contribution is 5.97. The lowest BCUT2D eigenvalue weighted by atomic mass is 10.1. The highest BCUT2D eigenvalue weighted by atomic mass is 19.4. The van der Waals surface area contributed by atoms with E-state index in [2.05, 4.69) is 15.3 Å². The second kappa shape index (κ2) is 10.8. The van der Waals surface area contributed by atoms with Crippen molar-refractivity contribution in [1.29, 1.82) is 0 Å². The molecule has 0 radical (unpaired) electrons. The van der Waals surface area contributed by atoms with Gasteiger partial charge < -0.3 is 24.9 Å². The maximum Gasteiger partial charge on any atom is 0.490 e. The van der Waals surface area contributed by atoms with Crippen molar-refractivity contribution in [2.45, 2.75) is 12.6 Å². The monoisotopic (exact) mass is 489 g/mol. The molecule has 1 aliphatic rings. The van der Waals surface area contributed by atoms with Gasteiger partial charge in [-0.1, -0.05) is 0 Å². The fraction of sp³-hybridized carbons (Fsp3) is 0.208. The van der Waals surface area contributed by atoms with Crippen LogP contribution in [0.15, 0.2) is 42.6 Å². The van der Waals surface area contributed by atoms with Gasteiger partial charge in [0.05, 0.1) is 25.5 Å². The minimum atomic E-state index is -5.08. The zero-order valence-electron chi connectivity index (χ0n) is 18.8. The highest BCUT2D eigenvalue weighted by Crippen LogP contribution is 2.27. The number of halogens is 3. The highest BCUT2D eigenvalue weighted by Gasteiger charge is 2.38. The van der Waals surface area contributed by atoms with Crippen molar-refractivity contribution in [2.24, 2.45) is 0 Å². The summed E-state index contributed by atoms with van der Waals surface area (Å²) in [6.45, 7) is 0.665. The number of alkyl halides is 3. The van der Waals surface area contributed by atoms with Crippen molar-refractivity contribution in [2.75, 3.05) is 20.8 Å². The Bertz CT molecular complexity index is 1250. The Balaban J connectivity index is 0.000000429. The number of aromatic nitrogens is 2. The molecule has 1 aliphatic heterocycles. The lowest BCUT2D eigenvalue weighted by Gasteiger charge is -2.10. The second-order valence-corrected chi connectivity index (χ2v) is 7.29. The number of H-pyrrole nitrogens is 1. The molecule has 184 valence electrons. The molecule has 35 heavy (non-hydrogen) atoms. The minimum Gasteiger partial charge on any atom is -0.497 e. The molecule has 0 fully saturated rings. The fourth-order valence-electron chi connectivity index (χ4n) is 3.30. The molecule has 4 rings (SSSR count). The first-order valence-corrected chi connectivity index (χ1v) is 10.3. The molecule has 8 nitrogen and oxygen atoms in total. The van der Waals surface area contributed by atoms with Crippen molar-refractivity contribution in [3.05, 3.63) is 65.1 Å². The van der Waals surface area contributed by atoms with E-state index in [9.17, 15) is 18.0 Å². The molecule has 2 aromatic heterocycles. The molecule has 3 heterocycles. The van der Waals surface area contributed by atoms with Gasteiger partial charge in [-0.3, -0.25) is 9.78 Å². The third-order valence-electron chi connectivity index (χ3n) is 5.01. The van der Waals surface area contributed by atoms with E-state index >= 15 is 0 Å². The summed E-state index contributed by atoms with van der Waals surface area (Å²) in [7, 11) is 3.28. The number of pyridine rings is 1. The van der Waals surface area contributed by atoms with Crippen LogP contribution >= 0.6 is 0 Å². The van der Waals surface area contributed by atoms with Crippen LogP contribution in [0.3, 0.4) is 0 Å². The Kier molecular flexibility index (Phi) is 7.80. The number of fused-ring (bicyclic) bond motifs is 1. The van der Waals surface area contributed by atoms with Crippen LogP contribution in [0, 0.1) is 0 Å². The van der Waals surface area contributed by atoms with Gasteiger partial charge >= 0.3 is 12.1 Å². The maximum atomic E-state index is 12.0. The molecule has 0 aliphatic carbocycles. The van der Waals surface area contributed by atoms with E-state index in [0.717, 1.165) is 51.7 Å². The standard InChI is InChI=1S/C22H21N3O3.C2HF3O2/c1-27-17-5-6-21(28-2)15(12-17)3-4-16-11-14(7-9-23-16)20-13-18-19(25-20)8-10-24-22(18)26;3-2(4,5)1(6)7/h3-7,9,11-13,25H,8,10H2,1-2H3,(H,24,26);(H,6,7). The molecule has 0 saturated carbocycles. The van der Waals surface area contributed by atoms with E-state index in [1.54, 1.807) is 20.4 Å². The predicted molar refractivity (Wildman–Crippen MR) is 122 cm³/mol. The summed E-state index contributed by atoms with van der Waals surface area (Å²) in [6, 6.07) is 11.5. The number of nitrogens with zero attached hydrogens (tertiary/aromatic N) is 1. The largest absolute Gasteiger partial charge is 0.497 e. The minimum absolute atomic E-state index is 0.0250. The van der Waals surface area contributed by atoms with Crippen LogP contribution in [-0.2, 0) is 11.2 Å². The number of amides is 1. The molecule has 0 spiro atoms. The number of carbonyl (C=O) groups is 2. The summed E-state index contributed by atoms with van der Waals surface area (Å²) in [5.74, 6) is -1.26. The third-order valence-corrected chi connectivity index (χ3v) is 5.01. The van der Waals surface area contributed by atoms with E-state index in [1.165, 1.54) is 0 Å². The molecule has 0 saturated heterocycles. The summed E-state index contributed by atoms with van der Waals surface area (Å²) in [4.78, 5) is 28.7. The van der Waals surface area contributed by atoms with Crippen LogP contribution < -0.4 is 14.8 Å². The first kappa shape index (κ1) is 25.3. The molecule has 1 aromatic carbocycles. The van der Waals surface area contributed by atoms with Gasteiger partial charge in [0.15, 0.2) is 0 Å². The smallest absolute Gasteiger partial charge is 0.490 e. The number of aromatic amines is 1. The zero-order valence-corrected chi connectivity index (χ0v) is 18.8. The van der Waals surface area contributed by atoms with Gasteiger partial charge in [0.2, 0.25) is 0 Å². The van der Waals surface area contributed by atoms with Gasteiger partial charge in [0.1, 0.15) is 11.5 Å². The van der Waals surface area contributed by atoms with Crippen LogP contribution in [0.4, 0.5) is 13.2 Å². The van der Waals surface area contributed by atoms with Gasteiger partial charge in [-0.15, -0.1) is 0 Å². The lowest BCUT2D eigenvalue weighted by molar-refractivity contribution is -0.192. The van der Waals surface area contributed by atoms with Crippen molar-refractivity contribution >= 4 is 24.0 Å². The van der Waals surface area contributed by atoms with Gasteiger partial charge in [0.25, 0.3) is 5.91 Å². The van der Waals surface area contributed by atoms with E-state index in [1.807, 2.05) is 48.6 Å². The molecule has 0 unspecified atom stereocenters. The van der Waals surface area contributed by atoms with Crippen molar-refractivity contribution in [3.63, 3.8) is 0 Å². The first-order valence-electron chi connectivity index (χ1n) is 10.3. The topological polar surface area (TPSA) is 114 Å². The number of carbonyl (C=O) groups excluding carboxylic acids is 1. The molecule has 0 atom stereocenters. The SMILES string of the molecule is COc1ccc(OC)c(C=Cc2cc(-c3cc4c([nH]3)CCNC4=O)ccn2)c1.O=C(O)C(F)(F)F. The zero-order chi connectivity index (χ0) is 25.6. The van der Waals surface area contributed by atoms with E-state index in [0.29, 0.717) is 6.54 Å². The number of rotatable bonds is 5. The van der Waals surface area contributed by atoms with Gasteiger partial charge in [0, 0.05) is 41.7 Å². The number of methoxy groups -OCH3 is 2. The summed E-state index contributed by atoms with van der Waals surface area (Å²) < 4.78 is 42.4. The van der Waals surface area contributed by atoms with Crippen LogP contribution in [0.1, 0.15) is 27.3 Å². The number of ether oxygens (including phenoxy) is 2. The third kappa shape index (κ3) is 6.40. The van der Waals surface area contributed by atoms with Gasteiger partial charge in [-0.05, 0) is 48.6 Å². The average molecular weight is 489 g/mol. The summed E-state index contributed by atoms with van der Waals surface area (Å²) in [5, 5.41) is 9.99. The van der Waals surface area contributed by atoms with Crippen LogP contribution in [0.2, 0.25) is 0 Å².